The second kappa shape index (κ2) is 6.59. The standard InChI is InChI=1S/C12H26N2O2S2/c1-5-12(2,9-13-3)10-14-6-7-17-8-11(14)18(4,15)16/h11,13H,5-10H2,1-4H3. The fourth-order valence-corrected chi connectivity index (χ4v) is 5.34. The maximum atomic E-state index is 11.9. The van der Waals surface area contributed by atoms with Crippen LogP contribution in [0.3, 0.4) is 0 Å². The molecule has 0 aliphatic carbocycles. The van der Waals surface area contributed by atoms with E-state index in [2.05, 4.69) is 24.1 Å². The van der Waals surface area contributed by atoms with Gasteiger partial charge in [-0.2, -0.15) is 11.8 Å². The Morgan fingerprint density at radius 3 is 2.67 bits per heavy atom. The topological polar surface area (TPSA) is 49.4 Å². The molecule has 0 amide bonds. The molecule has 1 rings (SSSR count). The van der Waals surface area contributed by atoms with Gasteiger partial charge in [-0.15, -0.1) is 0 Å². The molecule has 0 spiro atoms. The van der Waals surface area contributed by atoms with Crippen molar-refractivity contribution in [3.05, 3.63) is 0 Å². The van der Waals surface area contributed by atoms with Crippen molar-refractivity contribution in [2.75, 3.05) is 44.4 Å². The van der Waals surface area contributed by atoms with E-state index in [0.29, 0.717) is 5.75 Å². The summed E-state index contributed by atoms with van der Waals surface area (Å²) >= 11 is 1.74. The van der Waals surface area contributed by atoms with Gasteiger partial charge in [-0.05, 0) is 18.9 Å². The van der Waals surface area contributed by atoms with E-state index in [0.717, 1.165) is 31.8 Å². The Hall–Kier alpha value is 0.220. The molecule has 0 aromatic rings. The Labute approximate surface area is 116 Å². The van der Waals surface area contributed by atoms with Crippen molar-refractivity contribution in [3.63, 3.8) is 0 Å². The first-order valence-electron chi connectivity index (χ1n) is 6.47. The molecular formula is C12H26N2O2S2. The van der Waals surface area contributed by atoms with Crippen LogP contribution in [0.2, 0.25) is 0 Å². The lowest BCUT2D eigenvalue weighted by atomic mass is 9.86. The summed E-state index contributed by atoms with van der Waals surface area (Å²) in [6.07, 6.45) is 2.41. The first-order chi connectivity index (χ1) is 8.32. The number of hydrogen-bond acceptors (Lipinski definition) is 5. The molecule has 0 aromatic heterocycles. The molecule has 108 valence electrons. The van der Waals surface area contributed by atoms with E-state index in [-0.39, 0.29) is 10.8 Å². The highest BCUT2D eigenvalue weighted by Gasteiger charge is 2.35. The summed E-state index contributed by atoms with van der Waals surface area (Å²) in [7, 11) is -1.03. The molecule has 2 unspecified atom stereocenters. The van der Waals surface area contributed by atoms with Gasteiger partial charge in [-0.3, -0.25) is 4.90 Å². The number of hydrogen-bond donors (Lipinski definition) is 1. The minimum absolute atomic E-state index is 0.139. The van der Waals surface area contributed by atoms with Crippen LogP contribution in [0.15, 0.2) is 0 Å². The Kier molecular flexibility index (Phi) is 5.96. The molecule has 0 bridgehead atoms. The number of nitrogens with zero attached hydrogens (tertiary/aromatic N) is 1. The van der Waals surface area contributed by atoms with Crippen molar-refractivity contribution in [1.29, 1.82) is 0 Å². The Morgan fingerprint density at radius 1 is 1.50 bits per heavy atom. The van der Waals surface area contributed by atoms with Crippen molar-refractivity contribution < 1.29 is 8.42 Å². The third kappa shape index (κ3) is 4.40. The maximum Gasteiger partial charge on any atom is 0.164 e. The van der Waals surface area contributed by atoms with Crippen molar-refractivity contribution >= 4 is 21.6 Å². The Bertz CT molecular complexity index is 359. The lowest BCUT2D eigenvalue weighted by molar-refractivity contribution is 0.154. The first-order valence-corrected chi connectivity index (χ1v) is 9.58. The van der Waals surface area contributed by atoms with E-state index < -0.39 is 9.84 Å². The molecule has 1 N–H and O–H groups in total. The van der Waals surface area contributed by atoms with E-state index in [1.165, 1.54) is 6.26 Å². The van der Waals surface area contributed by atoms with Crippen LogP contribution in [-0.4, -0.2) is 63.1 Å². The van der Waals surface area contributed by atoms with Crippen LogP contribution < -0.4 is 5.32 Å². The van der Waals surface area contributed by atoms with Gasteiger partial charge in [0.15, 0.2) is 9.84 Å². The molecular weight excluding hydrogens is 268 g/mol. The average molecular weight is 294 g/mol. The smallest absolute Gasteiger partial charge is 0.164 e. The van der Waals surface area contributed by atoms with Crippen LogP contribution in [0.5, 0.6) is 0 Å². The lowest BCUT2D eigenvalue weighted by Gasteiger charge is -2.40. The number of rotatable bonds is 6. The summed E-state index contributed by atoms with van der Waals surface area (Å²) in [4.78, 5) is 2.16. The molecule has 0 radical (unpaired) electrons. The van der Waals surface area contributed by atoms with E-state index in [1.807, 2.05) is 7.05 Å². The molecule has 4 nitrogen and oxygen atoms in total. The molecule has 1 aliphatic heterocycles. The molecule has 0 aromatic carbocycles. The fourth-order valence-electron chi connectivity index (χ4n) is 2.40. The van der Waals surface area contributed by atoms with Gasteiger partial charge in [0.25, 0.3) is 0 Å². The second-order valence-corrected chi connectivity index (χ2v) is 8.88. The average Bonchev–Trinajstić information content (AvgIpc) is 2.28. The highest BCUT2D eigenvalue weighted by molar-refractivity contribution is 8.00. The maximum absolute atomic E-state index is 11.9. The van der Waals surface area contributed by atoms with Crippen LogP contribution in [0.1, 0.15) is 20.3 Å². The zero-order valence-corrected chi connectivity index (χ0v) is 13.5. The third-order valence-electron chi connectivity index (χ3n) is 3.73. The summed E-state index contributed by atoms with van der Waals surface area (Å²) in [5, 5.41) is 2.91. The van der Waals surface area contributed by atoms with E-state index >= 15 is 0 Å². The van der Waals surface area contributed by atoms with Gasteiger partial charge in [0.1, 0.15) is 5.37 Å². The van der Waals surface area contributed by atoms with Gasteiger partial charge in [-0.25, -0.2) is 8.42 Å². The second-order valence-electron chi connectivity index (χ2n) is 5.52. The molecule has 1 fully saturated rings. The van der Waals surface area contributed by atoms with Crippen molar-refractivity contribution in [2.24, 2.45) is 5.41 Å². The quantitative estimate of drug-likeness (QED) is 0.793. The third-order valence-corrected chi connectivity index (χ3v) is 6.41. The van der Waals surface area contributed by atoms with Crippen LogP contribution >= 0.6 is 11.8 Å². The van der Waals surface area contributed by atoms with E-state index in [1.54, 1.807) is 11.8 Å². The van der Waals surface area contributed by atoms with Crippen molar-refractivity contribution in [3.8, 4) is 0 Å². The Morgan fingerprint density at radius 2 is 2.17 bits per heavy atom. The summed E-state index contributed by atoms with van der Waals surface area (Å²) in [6.45, 7) is 7.05. The molecule has 0 saturated carbocycles. The lowest BCUT2D eigenvalue weighted by Crippen LogP contribution is -2.52. The molecule has 1 heterocycles. The highest BCUT2D eigenvalue weighted by Crippen LogP contribution is 2.27. The Balaban J connectivity index is 2.78. The van der Waals surface area contributed by atoms with E-state index in [4.69, 9.17) is 0 Å². The van der Waals surface area contributed by atoms with Gasteiger partial charge >= 0.3 is 0 Å². The summed E-state index contributed by atoms with van der Waals surface area (Å²) in [6, 6.07) is 0. The molecule has 1 aliphatic rings. The monoisotopic (exact) mass is 294 g/mol. The predicted octanol–water partition coefficient (Wildman–Crippen LogP) is 1.04. The molecule has 6 heteroatoms. The fraction of sp³-hybridized carbons (Fsp3) is 1.00. The van der Waals surface area contributed by atoms with Gasteiger partial charge < -0.3 is 5.32 Å². The molecule has 18 heavy (non-hydrogen) atoms. The molecule has 2 atom stereocenters. The largest absolute Gasteiger partial charge is 0.319 e. The van der Waals surface area contributed by atoms with Gasteiger partial charge in [-0.1, -0.05) is 13.8 Å². The SMILES string of the molecule is CCC(C)(CNC)CN1CCSCC1S(C)(=O)=O. The zero-order valence-electron chi connectivity index (χ0n) is 11.9. The highest BCUT2D eigenvalue weighted by atomic mass is 32.2. The van der Waals surface area contributed by atoms with Gasteiger partial charge in [0.2, 0.25) is 0 Å². The summed E-state index contributed by atoms with van der Waals surface area (Å²) < 4.78 is 23.7. The first kappa shape index (κ1) is 16.3. The number of thioether (sulfide) groups is 1. The minimum Gasteiger partial charge on any atom is -0.319 e. The molecule has 1 saturated heterocycles. The zero-order chi connectivity index (χ0) is 13.8. The summed E-state index contributed by atoms with van der Waals surface area (Å²) in [5.41, 5.74) is 0.139. The van der Waals surface area contributed by atoms with Crippen LogP contribution in [0.4, 0.5) is 0 Å². The normalized spacial score (nSPS) is 25.9. The van der Waals surface area contributed by atoms with E-state index in [9.17, 15) is 8.42 Å². The van der Waals surface area contributed by atoms with Crippen LogP contribution in [0, 0.1) is 5.41 Å². The summed E-state index contributed by atoms with van der Waals surface area (Å²) in [5.74, 6) is 1.74. The number of sulfone groups is 1. The predicted molar refractivity (Wildman–Crippen MR) is 79.9 cm³/mol. The van der Waals surface area contributed by atoms with Crippen molar-refractivity contribution in [1.82, 2.24) is 10.2 Å². The van der Waals surface area contributed by atoms with Crippen LogP contribution in [-0.2, 0) is 9.84 Å². The number of nitrogens with one attached hydrogen (secondary N) is 1. The van der Waals surface area contributed by atoms with Crippen LogP contribution in [0.25, 0.3) is 0 Å². The van der Waals surface area contributed by atoms with Crippen molar-refractivity contribution in [2.45, 2.75) is 25.6 Å². The van der Waals surface area contributed by atoms with Gasteiger partial charge in [0.05, 0.1) is 0 Å². The van der Waals surface area contributed by atoms with Gasteiger partial charge in [0, 0.05) is 37.4 Å². The minimum atomic E-state index is -2.99.